The average Bonchev–Trinajstić information content (AvgIpc) is 2.30. The monoisotopic (exact) mass is 222 g/mol. The molecule has 0 radical (unpaired) electrons. The quantitative estimate of drug-likeness (QED) is 0.771. The summed E-state index contributed by atoms with van der Waals surface area (Å²) < 4.78 is 0. The van der Waals surface area contributed by atoms with Crippen LogP contribution < -0.4 is 0 Å². The number of hydrogen-bond acceptors (Lipinski definition) is 2. The number of aryl methyl sites for hydroxylation is 1. The van der Waals surface area contributed by atoms with Crippen molar-refractivity contribution >= 4 is 6.29 Å². The highest BCUT2D eigenvalue weighted by Crippen LogP contribution is 2.17. The summed E-state index contributed by atoms with van der Waals surface area (Å²) in [4.78, 5) is 9.40. The van der Waals surface area contributed by atoms with Crippen LogP contribution in [0.4, 0.5) is 0 Å². The first kappa shape index (κ1) is 14.7. The molecule has 1 rings (SSSR count). The van der Waals surface area contributed by atoms with Gasteiger partial charge in [0.05, 0.1) is 0 Å². The number of carbonyl (C=O) groups is 1. The fourth-order valence-electron chi connectivity index (χ4n) is 1.21. The van der Waals surface area contributed by atoms with Gasteiger partial charge >= 0.3 is 0 Å². The first-order valence-electron chi connectivity index (χ1n) is 5.96. The second-order valence-corrected chi connectivity index (χ2v) is 3.69. The van der Waals surface area contributed by atoms with Crippen molar-refractivity contribution < 1.29 is 9.90 Å². The maximum absolute atomic E-state index is 9.40. The summed E-state index contributed by atoms with van der Waals surface area (Å²) >= 11 is 0. The number of aromatic hydroxyl groups is 1. The lowest BCUT2D eigenvalue weighted by Gasteiger charge is -2.01. The minimum atomic E-state index is 0.431. The number of unbranched alkanes of at least 4 members (excludes halogenated alkanes) is 2. The van der Waals surface area contributed by atoms with Crippen molar-refractivity contribution in [3.05, 3.63) is 29.8 Å². The van der Waals surface area contributed by atoms with E-state index >= 15 is 0 Å². The Kier molecular flexibility index (Phi) is 9.38. The molecule has 0 atom stereocenters. The Morgan fingerprint density at radius 3 is 2.31 bits per heavy atom. The van der Waals surface area contributed by atoms with E-state index in [-0.39, 0.29) is 0 Å². The lowest BCUT2D eigenvalue weighted by Crippen LogP contribution is -1.83. The van der Waals surface area contributed by atoms with Gasteiger partial charge in [-0.3, -0.25) is 0 Å². The second kappa shape index (κ2) is 10.2. The highest BCUT2D eigenvalue weighted by atomic mass is 16.3. The number of phenols is 1. The van der Waals surface area contributed by atoms with E-state index in [1.165, 1.54) is 6.42 Å². The minimum absolute atomic E-state index is 0.431. The van der Waals surface area contributed by atoms with Crippen molar-refractivity contribution in [3.8, 4) is 5.75 Å². The molecule has 0 aliphatic heterocycles. The fourth-order valence-corrected chi connectivity index (χ4v) is 1.21. The van der Waals surface area contributed by atoms with E-state index in [2.05, 4.69) is 6.92 Å². The SMILES string of the molecule is CCCC=O.CCCCc1ccccc1O. The van der Waals surface area contributed by atoms with Crippen LogP contribution in [0.5, 0.6) is 5.75 Å². The summed E-state index contributed by atoms with van der Waals surface area (Å²) in [5, 5.41) is 9.34. The third kappa shape index (κ3) is 7.04. The van der Waals surface area contributed by atoms with Gasteiger partial charge in [0.25, 0.3) is 0 Å². The molecule has 90 valence electrons. The van der Waals surface area contributed by atoms with Crippen molar-refractivity contribution in [1.29, 1.82) is 0 Å². The van der Waals surface area contributed by atoms with E-state index in [9.17, 15) is 9.90 Å². The molecule has 0 aromatic heterocycles. The number of rotatable bonds is 5. The number of para-hydroxylation sites is 1. The molecule has 0 saturated heterocycles. The summed E-state index contributed by atoms with van der Waals surface area (Å²) in [5.41, 5.74) is 1.06. The van der Waals surface area contributed by atoms with E-state index in [1.54, 1.807) is 6.07 Å². The van der Waals surface area contributed by atoms with E-state index in [0.29, 0.717) is 12.2 Å². The summed E-state index contributed by atoms with van der Waals surface area (Å²) in [6, 6.07) is 7.53. The zero-order chi connectivity index (χ0) is 12.2. The van der Waals surface area contributed by atoms with Crippen LogP contribution in [0, 0.1) is 0 Å². The van der Waals surface area contributed by atoms with Crippen molar-refractivity contribution in [3.63, 3.8) is 0 Å². The minimum Gasteiger partial charge on any atom is -0.508 e. The van der Waals surface area contributed by atoms with E-state index in [4.69, 9.17) is 0 Å². The first-order chi connectivity index (χ1) is 7.76. The predicted molar refractivity (Wildman–Crippen MR) is 67.7 cm³/mol. The van der Waals surface area contributed by atoms with Gasteiger partial charge in [0.15, 0.2) is 0 Å². The highest BCUT2D eigenvalue weighted by Gasteiger charge is 1.96. The molecule has 0 saturated carbocycles. The molecule has 1 aromatic carbocycles. The molecule has 1 aromatic rings. The third-order valence-corrected chi connectivity index (χ3v) is 2.20. The average molecular weight is 222 g/mol. The van der Waals surface area contributed by atoms with E-state index in [1.807, 2.05) is 25.1 Å². The van der Waals surface area contributed by atoms with Gasteiger partial charge < -0.3 is 9.90 Å². The van der Waals surface area contributed by atoms with Crippen molar-refractivity contribution in [2.75, 3.05) is 0 Å². The van der Waals surface area contributed by atoms with Gasteiger partial charge in [0.1, 0.15) is 12.0 Å². The molecule has 1 N–H and O–H groups in total. The Labute approximate surface area is 98.3 Å². The van der Waals surface area contributed by atoms with Crippen molar-refractivity contribution in [2.24, 2.45) is 0 Å². The molecular formula is C14H22O2. The maximum atomic E-state index is 9.40. The normalized spacial score (nSPS) is 9.12. The lowest BCUT2D eigenvalue weighted by atomic mass is 10.1. The Balaban J connectivity index is 0.000000385. The topological polar surface area (TPSA) is 37.3 Å². The molecule has 0 heterocycles. The number of hydrogen-bond donors (Lipinski definition) is 1. The van der Waals surface area contributed by atoms with Crippen LogP contribution in [0.25, 0.3) is 0 Å². The van der Waals surface area contributed by atoms with Crippen LogP contribution in [-0.4, -0.2) is 11.4 Å². The molecule has 0 fully saturated rings. The third-order valence-electron chi connectivity index (χ3n) is 2.20. The molecule has 2 heteroatoms. The molecule has 0 amide bonds. The van der Waals surface area contributed by atoms with Gasteiger partial charge in [-0.1, -0.05) is 38.5 Å². The number of carbonyl (C=O) groups excluding carboxylic acids is 1. The Morgan fingerprint density at radius 1 is 1.19 bits per heavy atom. The lowest BCUT2D eigenvalue weighted by molar-refractivity contribution is -0.107. The summed E-state index contributed by atoms with van der Waals surface area (Å²) in [5.74, 6) is 0.431. The Bertz CT molecular complexity index is 282. The van der Waals surface area contributed by atoms with Crippen LogP contribution in [0.2, 0.25) is 0 Å². The fraction of sp³-hybridized carbons (Fsp3) is 0.500. The maximum Gasteiger partial charge on any atom is 0.119 e. The van der Waals surface area contributed by atoms with Gasteiger partial charge in [-0.15, -0.1) is 0 Å². The summed E-state index contributed by atoms with van der Waals surface area (Å²) in [6.07, 6.45) is 5.93. The van der Waals surface area contributed by atoms with Gasteiger partial charge in [-0.2, -0.15) is 0 Å². The van der Waals surface area contributed by atoms with Gasteiger partial charge in [-0.25, -0.2) is 0 Å². The molecule has 16 heavy (non-hydrogen) atoms. The van der Waals surface area contributed by atoms with Crippen molar-refractivity contribution in [1.82, 2.24) is 0 Å². The van der Waals surface area contributed by atoms with Gasteiger partial charge in [0, 0.05) is 6.42 Å². The van der Waals surface area contributed by atoms with E-state index in [0.717, 1.165) is 31.1 Å². The smallest absolute Gasteiger partial charge is 0.119 e. The molecule has 0 spiro atoms. The molecule has 0 unspecified atom stereocenters. The van der Waals surface area contributed by atoms with Crippen LogP contribution in [0.1, 0.15) is 45.1 Å². The molecule has 0 bridgehead atoms. The number of benzene rings is 1. The second-order valence-electron chi connectivity index (χ2n) is 3.69. The molecule has 0 aliphatic carbocycles. The summed E-state index contributed by atoms with van der Waals surface area (Å²) in [7, 11) is 0. The largest absolute Gasteiger partial charge is 0.508 e. The molecular weight excluding hydrogens is 200 g/mol. The van der Waals surface area contributed by atoms with Gasteiger partial charge in [0.2, 0.25) is 0 Å². The standard InChI is InChI=1S/C10H14O.C4H8O/c1-2-3-6-9-7-4-5-8-10(9)11;1-2-3-4-5/h4-5,7-8,11H,2-3,6H2,1H3;4H,2-3H2,1H3. The highest BCUT2D eigenvalue weighted by molar-refractivity contribution is 5.48. The Hall–Kier alpha value is -1.31. The Morgan fingerprint density at radius 2 is 1.88 bits per heavy atom. The summed E-state index contributed by atoms with van der Waals surface area (Å²) in [6.45, 7) is 4.13. The van der Waals surface area contributed by atoms with Crippen LogP contribution in [-0.2, 0) is 11.2 Å². The zero-order valence-corrected chi connectivity index (χ0v) is 10.3. The molecule has 2 nitrogen and oxygen atoms in total. The predicted octanol–water partition coefficient (Wildman–Crippen LogP) is 3.72. The number of phenolic OH excluding ortho intramolecular Hbond substituents is 1. The zero-order valence-electron chi connectivity index (χ0n) is 10.3. The number of aldehydes is 1. The van der Waals surface area contributed by atoms with Gasteiger partial charge in [-0.05, 0) is 30.9 Å². The van der Waals surface area contributed by atoms with Crippen LogP contribution in [0.3, 0.4) is 0 Å². The first-order valence-corrected chi connectivity index (χ1v) is 5.96. The van der Waals surface area contributed by atoms with Crippen LogP contribution >= 0.6 is 0 Å². The van der Waals surface area contributed by atoms with E-state index < -0.39 is 0 Å². The van der Waals surface area contributed by atoms with Crippen molar-refractivity contribution in [2.45, 2.75) is 46.0 Å². The molecule has 0 aliphatic rings. The van der Waals surface area contributed by atoms with Crippen LogP contribution in [0.15, 0.2) is 24.3 Å².